The van der Waals surface area contributed by atoms with Gasteiger partial charge in [-0.3, -0.25) is 9.59 Å². The van der Waals surface area contributed by atoms with E-state index >= 15 is 0 Å². The summed E-state index contributed by atoms with van der Waals surface area (Å²) in [5.74, 6) is 0.152. The molecule has 3 aromatic rings. The highest BCUT2D eigenvalue weighted by atomic mass is 35.5. The smallest absolute Gasteiger partial charge is 0.262 e. The summed E-state index contributed by atoms with van der Waals surface area (Å²) in [4.78, 5) is 26.4. The maximum Gasteiger partial charge on any atom is 0.262 e. The minimum atomic E-state index is -0.294. The van der Waals surface area contributed by atoms with Gasteiger partial charge in [0.05, 0.1) is 11.6 Å². The van der Waals surface area contributed by atoms with Crippen molar-refractivity contribution >= 4 is 34.8 Å². The Morgan fingerprint density at radius 3 is 2.46 bits per heavy atom. The van der Waals surface area contributed by atoms with Crippen LogP contribution in [0.2, 0.25) is 5.02 Å². The van der Waals surface area contributed by atoms with Gasteiger partial charge in [0.15, 0.2) is 6.61 Å². The molecule has 0 atom stereocenters. The lowest BCUT2D eigenvalue weighted by molar-refractivity contribution is -0.118. The minimum Gasteiger partial charge on any atom is -0.482 e. The molecule has 0 saturated carbocycles. The summed E-state index contributed by atoms with van der Waals surface area (Å²) in [5, 5.41) is 3.22. The van der Waals surface area contributed by atoms with Gasteiger partial charge in [-0.1, -0.05) is 41.9 Å². The first-order chi connectivity index (χ1) is 13.6. The first-order valence-electron chi connectivity index (χ1n) is 8.79. The fourth-order valence-electron chi connectivity index (χ4n) is 3.09. The fourth-order valence-corrected chi connectivity index (χ4v) is 3.28. The number of nitrogens with zero attached hydrogens (tertiary/aromatic N) is 1. The van der Waals surface area contributed by atoms with Crippen molar-refractivity contribution in [2.45, 2.75) is 6.54 Å². The average Bonchev–Trinajstić information content (AvgIpc) is 3.05. The predicted octanol–water partition coefficient (Wildman–Crippen LogP) is 4.52. The van der Waals surface area contributed by atoms with Crippen LogP contribution < -0.4 is 15.0 Å². The molecule has 5 nitrogen and oxygen atoms in total. The van der Waals surface area contributed by atoms with Crippen molar-refractivity contribution in [3.05, 3.63) is 88.9 Å². The molecule has 0 fully saturated rings. The van der Waals surface area contributed by atoms with Gasteiger partial charge in [-0.2, -0.15) is 0 Å². The van der Waals surface area contributed by atoms with Gasteiger partial charge in [-0.25, -0.2) is 0 Å². The Bertz CT molecular complexity index is 1030. The molecule has 1 aliphatic heterocycles. The summed E-state index contributed by atoms with van der Waals surface area (Å²) < 4.78 is 5.43. The molecule has 1 aliphatic rings. The summed E-state index contributed by atoms with van der Waals surface area (Å²) in [7, 11) is 0. The predicted molar refractivity (Wildman–Crippen MR) is 109 cm³/mol. The van der Waals surface area contributed by atoms with Gasteiger partial charge in [0.2, 0.25) is 0 Å². The van der Waals surface area contributed by atoms with E-state index in [9.17, 15) is 9.59 Å². The van der Waals surface area contributed by atoms with Crippen LogP contribution in [0, 0.1) is 0 Å². The molecule has 140 valence electrons. The van der Waals surface area contributed by atoms with Crippen molar-refractivity contribution in [2.75, 3.05) is 16.8 Å². The van der Waals surface area contributed by atoms with Crippen molar-refractivity contribution in [2.24, 2.45) is 0 Å². The topological polar surface area (TPSA) is 58.6 Å². The summed E-state index contributed by atoms with van der Waals surface area (Å²) in [5.41, 5.74) is 3.16. The van der Waals surface area contributed by atoms with Crippen molar-refractivity contribution in [1.29, 1.82) is 0 Å². The SMILES string of the molecule is O=C(COc1ccccc1Cl)Nc1ccc(N2Cc3ccccc3C2=O)cc1. The Labute approximate surface area is 167 Å². The highest BCUT2D eigenvalue weighted by Crippen LogP contribution is 2.29. The van der Waals surface area contributed by atoms with E-state index in [0.29, 0.717) is 23.0 Å². The van der Waals surface area contributed by atoms with Gasteiger partial charge in [0.25, 0.3) is 11.8 Å². The summed E-state index contributed by atoms with van der Waals surface area (Å²) in [6.07, 6.45) is 0. The zero-order valence-corrected chi connectivity index (χ0v) is 15.6. The maximum atomic E-state index is 12.5. The van der Waals surface area contributed by atoms with Crippen LogP contribution in [-0.4, -0.2) is 18.4 Å². The molecule has 0 unspecified atom stereocenters. The number of fused-ring (bicyclic) bond motifs is 1. The molecule has 0 aliphatic carbocycles. The number of hydrogen-bond donors (Lipinski definition) is 1. The second kappa shape index (κ2) is 7.74. The van der Waals surface area contributed by atoms with Gasteiger partial charge < -0.3 is 15.0 Å². The first-order valence-corrected chi connectivity index (χ1v) is 9.16. The summed E-state index contributed by atoms with van der Waals surface area (Å²) in [6, 6.07) is 21.7. The second-order valence-electron chi connectivity index (χ2n) is 6.36. The van der Waals surface area contributed by atoms with Crippen LogP contribution in [0.15, 0.2) is 72.8 Å². The third-order valence-corrected chi connectivity index (χ3v) is 4.79. The molecule has 28 heavy (non-hydrogen) atoms. The van der Waals surface area contributed by atoms with Crippen molar-refractivity contribution < 1.29 is 14.3 Å². The molecule has 0 radical (unpaired) electrons. The molecular weight excluding hydrogens is 376 g/mol. The minimum absolute atomic E-state index is 0.0134. The highest BCUT2D eigenvalue weighted by molar-refractivity contribution is 6.32. The third kappa shape index (κ3) is 3.70. The van der Waals surface area contributed by atoms with Crippen LogP contribution in [0.3, 0.4) is 0 Å². The number of para-hydroxylation sites is 1. The Kier molecular flexibility index (Phi) is 5.00. The van der Waals surface area contributed by atoms with Crippen LogP contribution in [0.25, 0.3) is 0 Å². The quantitative estimate of drug-likeness (QED) is 0.694. The number of hydrogen-bond acceptors (Lipinski definition) is 3. The fraction of sp³-hybridized carbons (Fsp3) is 0.0909. The van der Waals surface area contributed by atoms with E-state index in [2.05, 4.69) is 5.32 Å². The second-order valence-corrected chi connectivity index (χ2v) is 6.77. The van der Waals surface area contributed by atoms with E-state index < -0.39 is 0 Å². The number of carbonyl (C=O) groups excluding carboxylic acids is 2. The molecule has 1 N–H and O–H groups in total. The summed E-state index contributed by atoms with van der Waals surface area (Å²) in [6.45, 7) is 0.401. The molecule has 2 amide bonds. The number of amides is 2. The van der Waals surface area contributed by atoms with Crippen LogP contribution in [0.4, 0.5) is 11.4 Å². The van der Waals surface area contributed by atoms with Gasteiger partial charge in [-0.15, -0.1) is 0 Å². The van der Waals surface area contributed by atoms with Crippen LogP contribution in [0.1, 0.15) is 15.9 Å². The van der Waals surface area contributed by atoms with E-state index in [0.717, 1.165) is 16.8 Å². The molecule has 6 heteroatoms. The van der Waals surface area contributed by atoms with E-state index in [1.807, 2.05) is 36.4 Å². The van der Waals surface area contributed by atoms with Crippen molar-refractivity contribution in [3.63, 3.8) is 0 Å². The Morgan fingerprint density at radius 1 is 1.00 bits per heavy atom. The van der Waals surface area contributed by atoms with E-state index in [4.69, 9.17) is 16.3 Å². The zero-order valence-electron chi connectivity index (χ0n) is 14.9. The highest BCUT2D eigenvalue weighted by Gasteiger charge is 2.27. The first kappa shape index (κ1) is 18.1. The maximum absolute atomic E-state index is 12.5. The van der Waals surface area contributed by atoms with E-state index in [-0.39, 0.29) is 18.4 Å². The number of rotatable bonds is 5. The molecule has 4 rings (SSSR count). The lowest BCUT2D eigenvalue weighted by atomic mass is 10.1. The largest absolute Gasteiger partial charge is 0.482 e. The number of halogens is 1. The number of benzene rings is 3. The van der Waals surface area contributed by atoms with Crippen LogP contribution in [-0.2, 0) is 11.3 Å². The monoisotopic (exact) mass is 392 g/mol. The number of nitrogens with one attached hydrogen (secondary N) is 1. The van der Waals surface area contributed by atoms with Gasteiger partial charge in [0, 0.05) is 16.9 Å². The average molecular weight is 393 g/mol. The van der Waals surface area contributed by atoms with Gasteiger partial charge in [-0.05, 0) is 48.0 Å². The molecule has 1 heterocycles. The van der Waals surface area contributed by atoms with E-state index in [1.165, 1.54) is 0 Å². The van der Waals surface area contributed by atoms with E-state index in [1.54, 1.807) is 41.3 Å². The Hall–Kier alpha value is -3.31. The molecule has 3 aromatic carbocycles. The van der Waals surface area contributed by atoms with Crippen molar-refractivity contribution in [1.82, 2.24) is 0 Å². The molecule has 0 aromatic heterocycles. The number of ether oxygens (including phenoxy) is 1. The molecular formula is C22H17ClN2O3. The molecule has 0 saturated heterocycles. The van der Waals surface area contributed by atoms with Crippen molar-refractivity contribution in [3.8, 4) is 5.75 Å². The van der Waals surface area contributed by atoms with Gasteiger partial charge >= 0.3 is 0 Å². The van der Waals surface area contributed by atoms with Crippen LogP contribution in [0.5, 0.6) is 5.75 Å². The lowest BCUT2D eigenvalue weighted by Crippen LogP contribution is -2.23. The Morgan fingerprint density at radius 2 is 1.71 bits per heavy atom. The van der Waals surface area contributed by atoms with Gasteiger partial charge in [0.1, 0.15) is 5.75 Å². The normalized spacial score (nSPS) is 12.6. The molecule has 0 spiro atoms. The summed E-state index contributed by atoms with van der Waals surface area (Å²) >= 11 is 6.00. The molecule has 0 bridgehead atoms. The Balaban J connectivity index is 1.37. The standard InChI is InChI=1S/C22H17ClN2O3/c23-19-7-3-4-8-20(19)28-14-21(26)24-16-9-11-17(12-10-16)25-13-15-5-1-2-6-18(15)22(25)27/h1-12H,13-14H2,(H,24,26). The number of anilines is 2. The van der Waals surface area contributed by atoms with Crippen LogP contribution >= 0.6 is 11.6 Å². The lowest BCUT2D eigenvalue weighted by Gasteiger charge is -2.16. The third-order valence-electron chi connectivity index (χ3n) is 4.48. The number of carbonyl (C=O) groups is 2. The zero-order chi connectivity index (χ0) is 19.5.